The number of carbonyl (C=O) groups excluding carboxylic acids is 1. The van der Waals surface area contributed by atoms with Gasteiger partial charge >= 0.3 is 5.97 Å². The van der Waals surface area contributed by atoms with E-state index in [1.807, 2.05) is 0 Å². The van der Waals surface area contributed by atoms with Gasteiger partial charge in [0.05, 0.1) is 5.92 Å². The lowest BCUT2D eigenvalue weighted by Crippen LogP contribution is -2.14. The number of benzene rings is 1. The number of hydrogen-bond acceptors (Lipinski definition) is 2. The first-order chi connectivity index (χ1) is 7.41. The first-order valence-electron chi connectivity index (χ1n) is 4.63. The van der Waals surface area contributed by atoms with Gasteiger partial charge < -0.3 is 5.11 Å². The summed E-state index contributed by atoms with van der Waals surface area (Å²) in [5.41, 5.74) is -0.0213. The van der Waals surface area contributed by atoms with Crippen LogP contribution in [0.15, 0.2) is 18.2 Å². The highest BCUT2D eigenvalue weighted by Gasteiger charge is 2.17. The highest BCUT2D eigenvalue weighted by Crippen LogP contribution is 2.13. The monoisotopic (exact) mass is 228 g/mol. The highest BCUT2D eigenvalue weighted by atomic mass is 19.2. The van der Waals surface area contributed by atoms with Crippen LogP contribution in [0.1, 0.15) is 23.7 Å². The average molecular weight is 228 g/mol. The predicted octanol–water partition coefficient (Wildman–Crippen LogP) is 2.26. The van der Waals surface area contributed by atoms with Gasteiger partial charge in [0.25, 0.3) is 0 Å². The molecule has 3 nitrogen and oxygen atoms in total. The summed E-state index contributed by atoms with van der Waals surface area (Å²) < 4.78 is 25.4. The Kier molecular flexibility index (Phi) is 3.71. The van der Waals surface area contributed by atoms with Crippen molar-refractivity contribution in [1.82, 2.24) is 0 Å². The van der Waals surface area contributed by atoms with Crippen molar-refractivity contribution in [2.24, 2.45) is 5.92 Å². The van der Waals surface area contributed by atoms with Crippen LogP contribution < -0.4 is 0 Å². The second-order valence-corrected chi connectivity index (χ2v) is 3.50. The molecule has 1 aromatic rings. The van der Waals surface area contributed by atoms with Gasteiger partial charge in [-0.3, -0.25) is 9.59 Å². The molecule has 1 atom stereocenters. The minimum absolute atomic E-state index is 0.0213. The molecule has 0 bridgehead atoms. The summed E-state index contributed by atoms with van der Waals surface area (Å²) in [6, 6.07) is 2.75. The third-order valence-corrected chi connectivity index (χ3v) is 2.15. The molecule has 0 saturated heterocycles. The van der Waals surface area contributed by atoms with Crippen molar-refractivity contribution < 1.29 is 23.5 Å². The van der Waals surface area contributed by atoms with Crippen molar-refractivity contribution in [2.45, 2.75) is 13.3 Å². The van der Waals surface area contributed by atoms with E-state index >= 15 is 0 Å². The molecular weight excluding hydrogens is 218 g/mol. The Hall–Kier alpha value is -1.78. The van der Waals surface area contributed by atoms with Crippen LogP contribution in [-0.4, -0.2) is 16.9 Å². The SMILES string of the molecule is CC(CC(=O)c1ccc(F)c(F)c1)C(=O)O. The minimum Gasteiger partial charge on any atom is -0.481 e. The van der Waals surface area contributed by atoms with E-state index in [2.05, 4.69) is 0 Å². The van der Waals surface area contributed by atoms with Gasteiger partial charge in [0, 0.05) is 12.0 Å². The molecule has 1 unspecified atom stereocenters. The Morgan fingerprint density at radius 1 is 1.31 bits per heavy atom. The Bertz CT molecular complexity index is 429. The zero-order valence-electron chi connectivity index (χ0n) is 8.54. The molecule has 1 rings (SSSR count). The molecule has 0 aliphatic rings. The molecule has 0 spiro atoms. The fourth-order valence-corrected chi connectivity index (χ4v) is 1.15. The van der Waals surface area contributed by atoms with E-state index in [4.69, 9.17) is 5.11 Å². The van der Waals surface area contributed by atoms with Crippen LogP contribution in [0, 0.1) is 17.6 Å². The van der Waals surface area contributed by atoms with Crippen molar-refractivity contribution >= 4 is 11.8 Å². The summed E-state index contributed by atoms with van der Waals surface area (Å²) in [5, 5.41) is 8.59. The maximum absolute atomic E-state index is 12.8. The van der Waals surface area contributed by atoms with Crippen LogP contribution in [-0.2, 0) is 4.79 Å². The van der Waals surface area contributed by atoms with E-state index in [9.17, 15) is 18.4 Å². The van der Waals surface area contributed by atoms with Gasteiger partial charge in [0.15, 0.2) is 17.4 Å². The van der Waals surface area contributed by atoms with Crippen molar-refractivity contribution in [3.8, 4) is 0 Å². The lowest BCUT2D eigenvalue weighted by molar-refractivity contribution is -0.141. The second-order valence-electron chi connectivity index (χ2n) is 3.50. The smallest absolute Gasteiger partial charge is 0.306 e. The van der Waals surface area contributed by atoms with Crippen LogP contribution in [0.4, 0.5) is 8.78 Å². The predicted molar refractivity (Wildman–Crippen MR) is 52.1 cm³/mol. The number of aliphatic carboxylic acids is 1. The van der Waals surface area contributed by atoms with E-state index in [0.29, 0.717) is 0 Å². The largest absolute Gasteiger partial charge is 0.481 e. The standard InChI is InChI=1S/C11H10F2O3/c1-6(11(15)16)4-10(14)7-2-3-8(12)9(13)5-7/h2-3,5-6H,4H2,1H3,(H,15,16). The van der Waals surface area contributed by atoms with Gasteiger partial charge in [-0.15, -0.1) is 0 Å². The highest BCUT2D eigenvalue weighted by molar-refractivity contribution is 5.97. The summed E-state index contributed by atoms with van der Waals surface area (Å²) in [7, 11) is 0. The second kappa shape index (κ2) is 4.83. The third kappa shape index (κ3) is 2.85. The zero-order valence-corrected chi connectivity index (χ0v) is 8.54. The maximum atomic E-state index is 12.8. The van der Waals surface area contributed by atoms with Crippen molar-refractivity contribution in [2.75, 3.05) is 0 Å². The molecule has 0 saturated carbocycles. The minimum atomic E-state index is -1.12. The number of halogens is 2. The van der Waals surface area contributed by atoms with Gasteiger partial charge in [0.2, 0.25) is 0 Å². The Balaban J connectivity index is 2.81. The van der Waals surface area contributed by atoms with Crippen LogP contribution in [0.3, 0.4) is 0 Å². The first-order valence-corrected chi connectivity index (χ1v) is 4.63. The zero-order chi connectivity index (χ0) is 12.3. The van der Waals surface area contributed by atoms with Crippen LogP contribution in [0.5, 0.6) is 0 Å². The van der Waals surface area contributed by atoms with Gasteiger partial charge in [-0.2, -0.15) is 0 Å². The molecule has 0 amide bonds. The number of rotatable bonds is 4. The van der Waals surface area contributed by atoms with Crippen molar-refractivity contribution in [3.05, 3.63) is 35.4 Å². The summed E-state index contributed by atoms with van der Waals surface area (Å²) in [4.78, 5) is 22.0. The fraction of sp³-hybridized carbons (Fsp3) is 0.273. The van der Waals surface area contributed by atoms with Gasteiger partial charge in [0.1, 0.15) is 0 Å². The molecule has 0 radical (unpaired) electrons. The number of carboxylic acids is 1. The molecule has 0 aliphatic carbocycles. The van der Waals surface area contributed by atoms with E-state index in [0.717, 1.165) is 18.2 Å². The van der Waals surface area contributed by atoms with Crippen LogP contribution in [0.25, 0.3) is 0 Å². The molecule has 0 aliphatic heterocycles. The molecule has 16 heavy (non-hydrogen) atoms. The van der Waals surface area contributed by atoms with E-state index in [1.54, 1.807) is 0 Å². The number of carboxylic acid groups (broad SMARTS) is 1. The van der Waals surface area contributed by atoms with E-state index in [-0.39, 0.29) is 12.0 Å². The number of hydrogen-bond donors (Lipinski definition) is 1. The Morgan fingerprint density at radius 3 is 2.44 bits per heavy atom. The topological polar surface area (TPSA) is 54.4 Å². The summed E-state index contributed by atoms with van der Waals surface area (Å²) in [5.74, 6) is -4.62. The molecule has 0 aromatic heterocycles. The molecule has 0 fully saturated rings. The Morgan fingerprint density at radius 2 is 1.94 bits per heavy atom. The quantitative estimate of drug-likeness (QED) is 0.804. The first kappa shape index (κ1) is 12.3. The molecule has 86 valence electrons. The van der Waals surface area contributed by atoms with E-state index < -0.39 is 29.3 Å². The lowest BCUT2D eigenvalue weighted by Gasteiger charge is -2.05. The van der Waals surface area contributed by atoms with Crippen molar-refractivity contribution in [3.63, 3.8) is 0 Å². The van der Waals surface area contributed by atoms with Gasteiger partial charge in [-0.25, -0.2) is 8.78 Å². The van der Waals surface area contributed by atoms with Crippen molar-refractivity contribution in [1.29, 1.82) is 0 Å². The summed E-state index contributed by atoms with van der Waals surface area (Å²) in [6.45, 7) is 1.38. The van der Waals surface area contributed by atoms with Crippen LogP contribution >= 0.6 is 0 Å². The van der Waals surface area contributed by atoms with Gasteiger partial charge in [-0.05, 0) is 18.2 Å². The number of Topliss-reactive ketones (excluding diaryl/α,β-unsaturated/α-hetero) is 1. The molecule has 1 N–H and O–H groups in total. The fourth-order valence-electron chi connectivity index (χ4n) is 1.15. The average Bonchev–Trinajstić information content (AvgIpc) is 2.21. The van der Waals surface area contributed by atoms with E-state index in [1.165, 1.54) is 6.92 Å². The summed E-state index contributed by atoms with van der Waals surface area (Å²) in [6.07, 6.45) is -0.236. The normalized spacial score (nSPS) is 12.2. The third-order valence-electron chi connectivity index (χ3n) is 2.15. The molecule has 1 aromatic carbocycles. The molecule has 0 heterocycles. The Labute approximate surface area is 90.7 Å². The molecule has 5 heteroatoms. The van der Waals surface area contributed by atoms with Crippen LogP contribution in [0.2, 0.25) is 0 Å². The molecular formula is C11H10F2O3. The maximum Gasteiger partial charge on any atom is 0.306 e. The summed E-state index contributed by atoms with van der Waals surface area (Å²) >= 11 is 0. The van der Waals surface area contributed by atoms with Gasteiger partial charge in [-0.1, -0.05) is 6.92 Å². The number of ketones is 1. The lowest BCUT2D eigenvalue weighted by atomic mass is 10.00. The number of carbonyl (C=O) groups is 2.